The van der Waals surface area contributed by atoms with Crippen LogP contribution in [0.3, 0.4) is 0 Å². The molecule has 1 fully saturated rings. The molecule has 0 amide bonds. The molecular weight excluding hydrogens is 248 g/mol. The molecule has 2 heteroatoms. The highest BCUT2D eigenvalue weighted by molar-refractivity contribution is 5.46. The van der Waals surface area contributed by atoms with Gasteiger partial charge in [0, 0.05) is 5.56 Å². The summed E-state index contributed by atoms with van der Waals surface area (Å²) in [4.78, 5) is 0. The second-order valence-electron chi connectivity index (χ2n) is 6.18. The Labute approximate surface area is 123 Å². The SMILES string of the molecule is COc1c(C(O)C2CCCCCCC2)ccc(C)c1C. The normalized spacial score (nSPS) is 19.2. The van der Waals surface area contributed by atoms with Gasteiger partial charge in [0.2, 0.25) is 0 Å². The Morgan fingerprint density at radius 3 is 2.25 bits per heavy atom. The van der Waals surface area contributed by atoms with Crippen molar-refractivity contribution in [1.29, 1.82) is 0 Å². The van der Waals surface area contributed by atoms with Gasteiger partial charge in [0.1, 0.15) is 5.75 Å². The Bertz CT molecular complexity index is 431. The average molecular weight is 276 g/mol. The lowest BCUT2D eigenvalue weighted by molar-refractivity contribution is 0.0886. The maximum atomic E-state index is 10.8. The maximum Gasteiger partial charge on any atom is 0.127 e. The number of aryl methyl sites for hydroxylation is 1. The summed E-state index contributed by atoms with van der Waals surface area (Å²) in [7, 11) is 1.70. The van der Waals surface area contributed by atoms with Gasteiger partial charge in [-0.15, -0.1) is 0 Å². The van der Waals surface area contributed by atoms with Gasteiger partial charge in [-0.1, -0.05) is 44.2 Å². The molecule has 0 bridgehead atoms. The highest BCUT2D eigenvalue weighted by Gasteiger charge is 2.25. The summed E-state index contributed by atoms with van der Waals surface area (Å²) in [6, 6.07) is 4.14. The van der Waals surface area contributed by atoms with Crippen molar-refractivity contribution in [2.75, 3.05) is 7.11 Å². The zero-order chi connectivity index (χ0) is 14.5. The van der Waals surface area contributed by atoms with E-state index in [1.54, 1.807) is 7.11 Å². The Balaban J connectivity index is 2.22. The minimum Gasteiger partial charge on any atom is -0.496 e. The van der Waals surface area contributed by atoms with E-state index in [4.69, 9.17) is 4.74 Å². The fraction of sp³-hybridized carbons (Fsp3) is 0.667. The molecule has 112 valence electrons. The summed E-state index contributed by atoms with van der Waals surface area (Å²) in [5.74, 6) is 1.26. The van der Waals surface area contributed by atoms with Crippen LogP contribution in [-0.4, -0.2) is 12.2 Å². The van der Waals surface area contributed by atoms with Crippen molar-refractivity contribution < 1.29 is 9.84 Å². The van der Waals surface area contributed by atoms with Gasteiger partial charge in [-0.25, -0.2) is 0 Å². The predicted molar refractivity (Wildman–Crippen MR) is 83.2 cm³/mol. The standard InChI is InChI=1S/C18H28O2/c1-13-11-12-16(18(20-3)14(13)2)17(19)15-9-7-5-4-6-8-10-15/h11-12,15,17,19H,4-10H2,1-3H3. The Hall–Kier alpha value is -1.02. The number of methoxy groups -OCH3 is 1. The van der Waals surface area contributed by atoms with Gasteiger partial charge in [0.05, 0.1) is 13.2 Å². The summed E-state index contributed by atoms with van der Waals surface area (Å²) in [6.45, 7) is 4.16. The van der Waals surface area contributed by atoms with Crippen LogP contribution in [0.15, 0.2) is 12.1 Å². The van der Waals surface area contributed by atoms with Crippen molar-refractivity contribution in [2.45, 2.75) is 64.9 Å². The summed E-state index contributed by atoms with van der Waals surface area (Å²) >= 11 is 0. The van der Waals surface area contributed by atoms with Crippen LogP contribution in [0, 0.1) is 19.8 Å². The van der Waals surface area contributed by atoms with Crippen LogP contribution in [0.1, 0.15) is 67.7 Å². The van der Waals surface area contributed by atoms with Gasteiger partial charge < -0.3 is 9.84 Å². The largest absolute Gasteiger partial charge is 0.496 e. The fourth-order valence-electron chi connectivity index (χ4n) is 3.37. The van der Waals surface area contributed by atoms with E-state index in [0.29, 0.717) is 5.92 Å². The molecule has 20 heavy (non-hydrogen) atoms. The first kappa shape index (κ1) is 15.4. The molecule has 1 atom stereocenters. The Kier molecular flexibility index (Phi) is 5.47. The highest BCUT2D eigenvalue weighted by atomic mass is 16.5. The van der Waals surface area contributed by atoms with Crippen LogP contribution < -0.4 is 4.74 Å². The Morgan fingerprint density at radius 2 is 1.65 bits per heavy atom. The molecule has 0 saturated heterocycles. The van der Waals surface area contributed by atoms with Crippen molar-refractivity contribution in [3.05, 3.63) is 28.8 Å². The topological polar surface area (TPSA) is 29.5 Å². The molecule has 0 radical (unpaired) electrons. The number of rotatable bonds is 3. The van der Waals surface area contributed by atoms with E-state index < -0.39 is 0 Å². The lowest BCUT2D eigenvalue weighted by atomic mass is 9.83. The number of aliphatic hydroxyl groups excluding tert-OH is 1. The van der Waals surface area contributed by atoms with E-state index in [2.05, 4.69) is 19.9 Å². The molecule has 2 rings (SSSR count). The highest BCUT2D eigenvalue weighted by Crippen LogP contribution is 2.38. The fourth-order valence-corrected chi connectivity index (χ4v) is 3.37. The number of ether oxygens (including phenoxy) is 1. The lowest BCUT2D eigenvalue weighted by Gasteiger charge is -2.27. The predicted octanol–water partition coefficient (Wildman–Crippen LogP) is 4.71. The molecule has 1 N–H and O–H groups in total. The number of hydrogen-bond donors (Lipinski definition) is 1. The molecule has 1 aromatic rings. The summed E-state index contributed by atoms with van der Waals surface area (Å²) < 4.78 is 5.56. The molecule has 1 aliphatic carbocycles. The van der Waals surface area contributed by atoms with Crippen molar-refractivity contribution in [2.24, 2.45) is 5.92 Å². The zero-order valence-corrected chi connectivity index (χ0v) is 13.1. The van der Waals surface area contributed by atoms with Crippen molar-refractivity contribution in [1.82, 2.24) is 0 Å². The third-order valence-electron chi connectivity index (χ3n) is 4.83. The molecule has 0 spiro atoms. The monoisotopic (exact) mass is 276 g/mol. The molecule has 1 unspecified atom stereocenters. The van der Waals surface area contributed by atoms with Gasteiger partial charge >= 0.3 is 0 Å². The molecule has 0 aliphatic heterocycles. The van der Waals surface area contributed by atoms with Crippen LogP contribution in [-0.2, 0) is 0 Å². The first-order valence-corrected chi connectivity index (χ1v) is 7.97. The summed E-state index contributed by atoms with van der Waals surface area (Å²) in [5, 5.41) is 10.8. The van der Waals surface area contributed by atoms with Gasteiger partial charge in [0.15, 0.2) is 0 Å². The summed E-state index contributed by atoms with van der Waals surface area (Å²) in [6.07, 6.45) is 8.36. The molecule has 1 aromatic carbocycles. The average Bonchev–Trinajstić information content (AvgIpc) is 2.40. The van der Waals surface area contributed by atoms with E-state index in [-0.39, 0.29) is 6.10 Å². The number of aliphatic hydroxyl groups is 1. The van der Waals surface area contributed by atoms with Gasteiger partial charge in [-0.05, 0) is 43.7 Å². The maximum absolute atomic E-state index is 10.8. The number of hydrogen-bond acceptors (Lipinski definition) is 2. The van der Waals surface area contributed by atoms with E-state index in [1.165, 1.54) is 37.7 Å². The third kappa shape index (κ3) is 3.35. The molecule has 0 heterocycles. The van der Waals surface area contributed by atoms with Crippen LogP contribution >= 0.6 is 0 Å². The van der Waals surface area contributed by atoms with Crippen LogP contribution in [0.2, 0.25) is 0 Å². The van der Waals surface area contributed by atoms with Crippen molar-refractivity contribution in [3.63, 3.8) is 0 Å². The smallest absolute Gasteiger partial charge is 0.127 e. The lowest BCUT2D eigenvalue weighted by Crippen LogP contribution is -2.15. The minimum absolute atomic E-state index is 0.381. The van der Waals surface area contributed by atoms with Crippen LogP contribution in [0.5, 0.6) is 5.75 Å². The van der Waals surface area contributed by atoms with Crippen LogP contribution in [0.4, 0.5) is 0 Å². The van der Waals surface area contributed by atoms with Crippen LogP contribution in [0.25, 0.3) is 0 Å². The number of benzene rings is 1. The van der Waals surface area contributed by atoms with Crippen molar-refractivity contribution in [3.8, 4) is 5.75 Å². The van der Waals surface area contributed by atoms with E-state index in [1.807, 2.05) is 6.07 Å². The molecule has 0 aromatic heterocycles. The van der Waals surface area contributed by atoms with Gasteiger partial charge in [0.25, 0.3) is 0 Å². The van der Waals surface area contributed by atoms with Gasteiger partial charge in [-0.3, -0.25) is 0 Å². The van der Waals surface area contributed by atoms with Crippen molar-refractivity contribution >= 4 is 0 Å². The van der Waals surface area contributed by atoms with Gasteiger partial charge in [-0.2, -0.15) is 0 Å². The van der Waals surface area contributed by atoms with E-state index in [9.17, 15) is 5.11 Å². The third-order valence-corrected chi connectivity index (χ3v) is 4.83. The molecule has 2 nitrogen and oxygen atoms in total. The molecule has 1 saturated carbocycles. The molecular formula is C18H28O2. The second-order valence-corrected chi connectivity index (χ2v) is 6.18. The second kappa shape index (κ2) is 7.12. The molecule has 1 aliphatic rings. The minimum atomic E-state index is -0.387. The zero-order valence-electron chi connectivity index (χ0n) is 13.1. The van der Waals surface area contributed by atoms with E-state index >= 15 is 0 Å². The first-order chi connectivity index (χ1) is 9.65. The Morgan fingerprint density at radius 1 is 1.05 bits per heavy atom. The summed E-state index contributed by atoms with van der Waals surface area (Å²) in [5.41, 5.74) is 3.34. The van der Waals surface area contributed by atoms with E-state index in [0.717, 1.165) is 29.7 Å². The first-order valence-electron chi connectivity index (χ1n) is 7.97. The quantitative estimate of drug-likeness (QED) is 0.866.